The van der Waals surface area contributed by atoms with Gasteiger partial charge in [0.2, 0.25) is 18.4 Å². The van der Waals surface area contributed by atoms with Crippen LogP contribution in [0.3, 0.4) is 0 Å². The Morgan fingerprint density at radius 2 is 1.61 bits per heavy atom. The maximum absolute atomic E-state index is 13.5. The second-order valence-corrected chi connectivity index (χ2v) is 11.0. The minimum Gasteiger partial charge on any atom is -0.502 e. The fourth-order valence-corrected chi connectivity index (χ4v) is 6.58. The summed E-state index contributed by atoms with van der Waals surface area (Å²) in [6, 6.07) is 11.8. The first-order valence-electron chi connectivity index (χ1n) is 14.0. The summed E-state index contributed by atoms with van der Waals surface area (Å²) < 4.78 is 41.2. The first-order chi connectivity index (χ1) is 21.3. The van der Waals surface area contributed by atoms with Gasteiger partial charge < -0.3 is 28.8 Å². The predicted molar refractivity (Wildman–Crippen MR) is 150 cm³/mol. The quantitative estimate of drug-likeness (QED) is 0.332. The predicted octanol–water partition coefficient (Wildman–Crippen LogP) is 3.65. The number of nitrogens with zero attached hydrogens (tertiary/aromatic N) is 2. The summed E-state index contributed by atoms with van der Waals surface area (Å²) in [5.41, 5.74) is 2.68. The first-order valence-corrected chi connectivity index (χ1v) is 14.0. The van der Waals surface area contributed by atoms with Crippen LogP contribution in [0, 0.1) is 17.7 Å². The number of rotatable bonds is 6. The van der Waals surface area contributed by atoms with Crippen molar-refractivity contribution in [2.24, 2.45) is 16.8 Å². The highest BCUT2D eigenvalue weighted by Gasteiger charge is 2.53. The lowest BCUT2D eigenvalue weighted by Crippen LogP contribution is -2.35. The summed E-state index contributed by atoms with van der Waals surface area (Å²) in [5.74, 6) is -2.47. The number of imide groups is 1. The molecule has 0 radical (unpaired) electrons. The molecule has 0 aromatic heterocycles. The Labute approximate surface area is 250 Å². The number of methoxy groups -OCH3 is 2. The number of halogens is 1. The summed E-state index contributed by atoms with van der Waals surface area (Å²) >= 11 is 0. The molecule has 1 N–H and O–H groups in total. The molecule has 11 nitrogen and oxygen atoms in total. The van der Waals surface area contributed by atoms with E-state index in [2.05, 4.69) is 0 Å². The van der Waals surface area contributed by atoms with Crippen molar-refractivity contribution in [3.05, 3.63) is 76.6 Å². The number of benzene rings is 3. The Bertz CT molecular complexity index is 1710. The molecule has 0 unspecified atom stereocenters. The van der Waals surface area contributed by atoms with Crippen molar-refractivity contribution in [2.75, 3.05) is 27.6 Å². The summed E-state index contributed by atoms with van der Waals surface area (Å²) in [6.07, 6.45) is -0.210. The maximum atomic E-state index is 13.5. The van der Waals surface area contributed by atoms with Crippen molar-refractivity contribution in [1.82, 2.24) is 4.90 Å². The number of carbonyl (C=O) groups is 3. The number of fused-ring (bicyclic) bond motifs is 3. The van der Waals surface area contributed by atoms with E-state index in [0.29, 0.717) is 33.8 Å². The highest BCUT2D eigenvalue weighted by atomic mass is 19.1. The number of amides is 2. The summed E-state index contributed by atoms with van der Waals surface area (Å²) in [7, 11) is 2.84. The van der Waals surface area contributed by atoms with Crippen LogP contribution in [0.2, 0.25) is 0 Å². The Balaban J connectivity index is 1.34. The first kappa shape index (κ1) is 27.7. The number of phenols is 1. The van der Waals surface area contributed by atoms with Gasteiger partial charge in [-0.3, -0.25) is 24.3 Å². The molecule has 12 heteroatoms. The third-order valence-corrected chi connectivity index (χ3v) is 8.67. The number of carbonyl (C=O) groups excluding carboxylic acids is 3. The van der Waals surface area contributed by atoms with Gasteiger partial charge in [-0.1, -0.05) is 12.1 Å². The third-order valence-electron chi connectivity index (χ3n) is 8.67. The van der Waals surface area contributed by atoms with Crippen LogP contribution in [0.5, 0.6) is 28.7 Å². The molecule has 2 fully saturated rings. The van der Waals surface area contributed by atoms with Gasteiger partial charge in [0.05, 0.1) is 45.8 Å². The monoisotopic (exact) mass is 602 g/mol. The summed E-state index contributed by atoms with van der Waals surface area (Å²) in [6.45, 7) is 0.0451. The van der Waals surface area contributed by atoms with Crippen molar-refractivity contribution < 1.29 is 47.6 Å². The molecule has 3 heterocycles. The number of ether oxygens (including phenoxy) is 5. The van der Waals surface area contributed by atoms with Crippen LogP contribution in [0.15, 0.2) is 53.5 Å². The molecule has 2 saturated heterocycles. The summed E-state index contributed by atoms with van der Waals surface area (Å²) in [5, 5.41) is 10.6. The fourth-order valence-electron chi connectivity index (χ4n) is 6.58. The summed E-state index contributed by atoms with van der Waals surface area (Å²) in [4.78, 5) is 45.8. The largest absolute Gasteiger partial charge is 0.502 e. The second kappa shape index (κ2) is 10.5. The lowest BCUT2D eigenvalue weighted by Gasteiger charge is -2.37. The number of phenolic OH excluding ortho intramolecular Hbond substituents is 1. The van der Waals surface area contributed by atoms with E-state index in [9.17, 15) is 23.9 Å². The average molecular weight is 603 g/mol. The molecule has 7 rings (SSSR count). The van der Waals surface area contributed by atoms with Crippen molar-refractivity contribution in [3.8, 4) is 28.7 Å². The Morgan fingerprint density at radius 1 is 0.955 bits per heavy atom. The van der Waals surface area contributed by atoms with Crippen LogP contribution in [0.4, 0.5) is 4.39 Å². The molecule has 3 aromatic rings. The van der Waals surface area contributed by atoms with Crippen LogP contribution < -0.4 is 18.9 Å². The second-order valence-electron chi connectivity index (χ2n) is 11.0. The van der Waals surface area contributed by atoms with Gasteiger partial charge in [-0.05, 0) is 58.7 Å². The zero-order valence-corrected chi connectivity index (χ0v) is 23.7. The van der Waals surface area contributed by atoms with Gasteiger partial charge in [0.1, 0.15) is 11.5 Å². The molecule has 0 bridgehead atoms. The topological polar surface area (TPSA) is 133 Å². The molecule has 4 atom stereocenters. The standard InChI is InChI=1S/C32H27FN2O9/c1-40-24-7-16(8-25(41-2)30(24)37)27-18-9-22-23(44-14-43-22)10-19(18)29(20-13-42-32(39)28(20)27)34-21-11-26(36)35(31(21)38)12-15-3-5-17(33)6-4-15/h3-10,20,27-29,37H,11-14H2,1-2H3/t20-,27+,28-,29+/m0/s1. The molecule has 3 aromatic carbocycles. The molecule has 0 spiro atoms. The van der Waals surface area contributed by atoms with E-state index >= 15 is 0 Å². The number of hydrogen-bond donors (Lipinski definition) is 1. The van der Waals surface area contributed by atoms with Crippen molar-refractivity contribution in [2.45, 2.75) is 24.9 Å². The Hall–Kier alpha value is -5.13. The number of aliphatic imine (C=N–C) groups is 1. The smallest absolute Gasteiger partial charge is 0.310 e. The normalized spacial score (nSPS) is 24.4. The molecule has 2 amide bonds. The van der Waals surface area contributed by atoms with Crippen LogP contribution in [-0.2, 0) is 25.7 Å². The molecule has 226 valence electrons. The van der Waals surface area contributed by atoms with E-state index in [1.807, 2.05) is 0 Å². The number of likely N-dealkylation sites (tertiary alicyclic amines) is 1. The van der Waals surface area contributed by atoms with E-state index in [4.69, 9.17) is 28.7 Å². The third kappa shape index (κ3) is 4.40. The molecule has 0 saturated carbocycles. The van der Waals surface area contributed by atoms with Crippen LogP contribution >= 0.6 is 0 Å². The van der Waals surface area contributed by atoms with E-state index < -0.39 is 47.4 Å². The number of aromatic hydroxyl groups is 1. The van der Waals surface area contributed by atoms with Crippen molar-refractivity contribution in [3.63, 3.8) is 0 Å². The zero-order valence-electron chi connectivity index (χ0n) is 23.7. The highest BCUT2D eigenvalue weighted by Crippen LogP contribution is 2.56. The minimum atomic E-state index is -0.723. The Morgan fingerprint density at radius 3 is 2.27 bits per heavy atom. The molecule has 3 aliphatic heterocycles. The van der Waals surface area contributed by atoms with Gasteiger partial charge in [-0.2, -0.15) is 0 Å². The zero-order chi connectivity index (χ0) is 30.7. The average Bonchev–Trinajstić information content (AvgIpc) is 3.71. The van der Waals surface area contributed by atoms with Crippen molar-refractivity contribution >= 4 is 23.5 Å². The molecular formula is C32H27FN2O9. The van der Waals surface area contributed by atoms with Gasteiger partial charge in [0.25, 0.3) is 5.91 Å². The number of esters is 1. The van der Waals surface area contributed by atoms with Crippen molar-refractivity contribution in [1.29, 1.82) is 0 Å². The van der Waals surface area contributed by atoms with Crippen LogP contribution in [0.1, 0.15) is 40.6 Å². The van der Waals surface area contributed by atoms with E-state index in [0.717, 1.165) is 4.90 Å². The highest BCUT2D eigenvalue weighted by molar-refractivity contribution is 6.48. The molecular weight excluding hydrogens is 575 g/mol. The van der Waals surface area contributed by atoms with Crippen LogP contribution in [-0.4, -0.2) is 61.1 Å². The van der Waals surface area contributed by atoms with Crippen LogP contribution in [0.25, 0.3) is 0 Å². The van der Waals surface area contributed by atoms with Gasteiger partial charge in [-0.25, -0.2) is 4.39 Å². The van der Waals surface area contributed by atoms with Gasteiger partial charge >= 0.3 is 5.97 Å². The fraction of sp³-hybridized carbons (Fsp3) is 0.312. The maximum Gasteiger partial charge on any atom is 0.310 e. The molecule has 44 heavy (non-hydrogen) atoms. The molecule has 1 aliphatic carbocycles. The lowest BCUT2D eigenvalue weighted by molar-refractivity contribution is -0.142. The minimum absolute atomic E-state index is 0.0167. The van der Waals surface area contributed by atoms with Gasteiger partial charge in [-0.15, -0.1) is 0 Å². The lowest BCUT2D eigenvalue weighted by atomic mass is 9.65. The van der Waals surface area contributed by atoms with E-state index in [1.54, 1.807) is 24.3 Å². The number of hydrogen-bond acceptors (Lipinski definition) is 10. The van der Waals surface area contributed by atoms with Gasteiger partial charge in [0, 0.05) is 11.8 Å². The van der Waals surface area contributed by atoms with E-state index in [1.165, 1.54) is 38.5 Å². The molecule has 4 aliphatic rings. The van der Waals surface area contributed by atoms with Gasteiger partial charge in [0.15, 0.2) is 23.0 Å². The number of cyclic esters (lactones) is 1. The Kier molecular flexibility index (Phi) is 6.64. The van der Waals surface area contributed by atoms with E-state index in [-0.39, 0.29) is 49.3 Å². The SMILES string of the molecule is COc1cc([C@@H]2c3cc4c(cc3[C@@H](N=C3CC(=O)N(Cc5ccc(F)cc5)C3=O)[C@H]3COC(=O)[C@H]23)OCO4)cc(OC)c1O.